The summed E-state index contributed by atoms with van der Waals surface area (Å²) < 4.78 is 28.9. The van der Waals surface area contributed by atoms with E-state index in [9.17, 15) is 28.4 Å². The molecule has 3 rings (SSSR count). The van der Waals surface area contributed by atoms with E-state index in [1.165, 1.54) is 24.3 Å². The zero-order valence-electron chi connectivity index (χ0n) is 21.4. The Hall–Kier alpha value is -3.12. The Kier molecular flexibility index (Phi) is 11.6. The van der Waals surface area contributed by atoms with Crippen molar-refractivity contribution in [2.24, 2.45) is 0 Å². The first-order valence-electron chi connectivity index (χ1n) is 12.7. The normalized spacial score (nSPS) is 12.2. The molecule has 0 aliphatic heterocycles. The van der Waals surface area contributed by atoms with Crippen LogP contribution in [0.1, 0.15) is 37.7 Å². The minimum Gasteiger partial charge on any atom is -0.480 e. The second kappa shape index (κ2) is 14.9. The lowest BCUT2D eigenvalue weighted by molar-refractivity contribution is -0.384. The van der Waals surface area contributed by atoms with Gasteiger partial charge in [-0.15, -0.1) is 0 Å². The van der Waals surface area contributed by atoms with Gasteiger partial charge in [0.05, 0.1) is 9.82 Å². The number of carboxylic acid groups (broad SMARTS) is 1. The molecule has 0 aliphatic carbocycles. The standard InChI is InChI=1S/C28H32BrN3O6S/c29-24-13-9-22(10-14-24)23-11-17-26(18-12-23)39(37,38)31-27(28(33)34)6-2-4-20-30-19-3-1-5-21-7-15-25(16-8-21)32(35)36/h7-18,27,30-31H,1-6,19-20H2,(H,33,34). The summed E-state index contributed by atoms with van der Waals surface area (Å²) >= 11 is 3.39. The molecule has 0 spiro atoms. The second-order valence-corrected chi connectivity index (χ2v) is 11.8. The van der Waals surface area contributed by atoms with E-state index in [0.717, 1.165) is 53.4 Å². The fourth-order valence-corrected chi connectivity index (χ4v) is 5.53. The quantitative estimate of drug-likeness (QED) is 0.109. The minimum absolute atomic E-state index is 0.0185. The number of nitrogens with one attached hydrogen (secondary N) is 2. The number of aryl methyl sites for hydroxylation is 1. The van der Waals surface area contributed by atoms with Crippen LogP contribution in [-0.2, 0) is 21.2 Å². The summed E-state index contributed by atoms with van der Waals surface area (Å²) in [5.41, 5.74) is 2.94. The van der Waals surface area contributed by atoms with Crippen molar-refractivity contribution >= 4 is 37.6 Å². The molecule has 1 unspecified atom stereocenters. The van der Waals surface area contributed by atoms with E-state index in [0.29, 0.717) is 13.0 Å². The molecule has 39 heavy (non-hydrogen) atoms. The van der Waals surface area contributed by atoms with Crippen LogP contribution in [0.25, 0.3) is 11.1 Å². The number of sulfonamides is 1. The first-order chi connectivity index (χ1) is 18.7. The molecule has 0 saturated heterocycles. The predicted octanol–water partition coefficient (Wildman–Crippen LogP) is 5.54. The summed E-state index contributed by atoms with van der Waals surface area (Å²) in [7, 11) is -3.98. The highest BCUT2D eigenvalue weighted by Gasteiger charge is 2.25. The van der Waals surface area contributed by atoms with Gasteiger partial charge in [0.2, 0.25) is 10.0 Å². The second-order valence-electron chi connectivity index (χ2n) is 9.17. The SMILES string of the molecule is O=C(O)C(CCCCNCCCCc1ccc([N+](=O)[O-])cc1)NS(=O)(=O)c1ccc(-c2ccc(Br)cc2)cc1. The molecule has 0 aromatic heterocycles. The molecule has 3 aromatic carbocycles. The molecule has 0 saturated carbocycles. The minimum atomic E-state index is -3.98. The molecule has 0 bridgehead atoms. The molecule has 0 radical (unpaired) electrons. The van der Waals surface area contributed by atoms with Crippen LogP contribution in [0.2, 0.25) is 0 Å². The van der Waals surface area contributed by atoms with Crippen LogP contribution >= 0.6 is 15.9 Å². The Bertz CT molecular complexity index is 1330. The van der Waals surface area contributed by atoms with Crippen molar-refractivity contribution in [3.8, 4) is 11.1 Å². The fourth-order valence-electron chi connectivity index (χ4n) is 4.04. The van der Waals surface area contributed by atoms with Gasteiger partial charge in [-0.05, 0) is 86.1 Å². The highest BCUT2D eigenvalue weighted by atomic mass is 79.9. The van der Waals surface area contributed by atoms with Gasteiger partial charge in [-0.3, -0.25) is 14.9 Å². The maximum atomic E-state index is 12.8. The zero-order chi connectivity index (χ0) is 28.3. The van der Waals surface area contributed by atoms with E-state index in [-0.39, 0.29) is 17.0 Å². The van der Waals surface area contributed by atoms with E-state index < -0.39 is 27.0 Å². The summed E-state index contributed by atoms with van der Waals surface area (Å²) in [6.07, 6.45) is 4.18. The average Bonchev–Trinajstić information content (AvgIpc) is 2.92. The number of nitrogens with zero attached hydrogens (tertiary/aromatic N) is 1. The summed E-state index contributed by atoms with van der Waals surface area (Å²) in [6, 6.07) is 19.4. The number of unbranched alkanes of at least 4 members (excludes halogenated alkanes) is 2. The lowest BCUT2D eigenvalue weighted by atomic mass is 10.1. The van der Waals surface area contributed by atoms with Crippen molar-refractivity contribution in [1.82, 2.24) is 10.0 Å². The van der Waals surface area contributed by atoms with Crippen LogP contribution in [0.3, 0.4) is 0 Å². The van der Waals surface area contributed by atoms with Gasteiger partial charge in [0.15, 0.2) is 0 Å². The van der Waals surface area contributed by atoms with E-state index in [1.54, 1.807) is 24.3 Å². The van der Waals surface area contributed by atoms with Crippen LogP contribution in [0.4, 0.5) is 5.69 Å². The number of benzene rings is 3. The first kappa shape index (κ1) is 30.4. The molecule has 11 heteroatoms. The van der Waals surface area contributed by atoms with Crippen molar-refractivity contribution < 1.29 is 23.2 Å². The predicted molar refractivity (Wildman–Crippen MR) is 154 cm³/mol. The number of aliphatic carboxylic acids is 1. The van der Waals surface area contributed by atoms with Crippen LogP contribution in [0.15, 0.2) is 82.2 Å². The molecule has 0 amide bonds. The maximum Gasteiger partial charge on any atom is 0.321 e. The number of carbonyl (C=O) groups is 1. The molecule has 0 fully saturated rings. The van der Waals surface area contributed by atoms with Gasteiger partial charge in [0, 0.05) is 16.6 Å². The molecular formula is C28H32BrN3O6S. The molecule has 208 valence electrons. The third-order valence-corrected chi connectivity index (χ3v) is 8.27. The van der Waals surface area contributed by atoms with Gasteiger partial charge < -0.3 is 10.4 Å². The number of hydrogen-bond donors (Lipinski definition) is 3. The van der Waals surface area contributed by atoms with Crippen molar-refractivity contribution in [2.45, 2.75) is 49.5 Å². The van der Waals surface area contributed by atoms with E-state index in [1.807, 2.05) is 24.3 Å². The molecule has 3 N–H and O–H groups in total. The fraction of sp³-hybridized carbons (Fsp3) is 0.321. The largest absolute Gasteiger partial charge is 0.480 e. The Labute approximate surface area is 237 Å². The van der Waals surface area contributed by atoms with E-state index in [2.05, 4.69) is 26.0 Å². The number of rotatable bonds is 16. The Morgan fingerprint density at radius 3 is 2.00 bits per heavy atom. The van der Waals surface area contributed by atoms with Crippen molar-refractivity contribution in [1.29, 1.82) is 0 Å². The molecule has 1 atom stereocenters. The van der Waals surface area contributed by atoms with Gasteiger partial charge in [0.25, 0.3) is 5.69 Å². The monoisotopic (exact) mass is 617 g/mol. The molecule has 9 nitrogen and oxygen atoms in total. The number of non-ortho nitro benzene ring substituents is 1. The highest BCUT2D eigenvalue weighted by molar-refractivity contribution is 9.10. The summed E-state index contributed by atoms with van der Waals surface area (Å²) in [5.74, 6) is -1.20. The van der Waals surface area contributed by atoms with Crippen LogP contribution < -0.4 is 10.0 Å². The number of nitro benzene ring substituents is 1. The zero-order valence-corrected chi connectivity index (χ0v) is 23.8. The van der Waals surface area contributed by atoms with Crippen LogP contribution in [0, 0.1) is 10.1 Å². The smallest absolute Gasteiger partial charge is 0.321 e. The highest BCUT2D eigenvalue weighted by Crippen LogP contribution is 2.23. The first-order valence-corrected chi connectivity index (χ1v) is 15.0. The van der Waals surface area contributed by atoms with Gasteiger partial charge >= 0.3 is 5.97 Å². The number of hydrogen-bond acceptors (Lipinski definition) is 6. The molecule has 0 heterocycles. The lowest BCUT2D eigenvalue weighted by Crippen LogP contribution is -2.40. The maximum absolute atomic E-state index is 12.8. The topological polar surface area (TPSA) is 139 Å². The number of halogens is 1. The van der Waals surface area contributed by atoms with Crippen molar-refractivity contribution in [3.05, 3.63) is 92.9 Å². The van der Waals surface area contributed by atoms with E-state index >= 15 is 0 Å². The third-order valence-electron chi connectivity index (χ3n) is 6.25. The molecule has 3 aromatic rings. The molecule has 0 aliphatic rings. The molecular weight excluding hydrogens is 586 g/mol. The summed E-state index contributed by atoms with van der Waals surface area (Å²) in [4.78, 5) is 22.0. The number of nitro groups is 1. The Morgan fingerprint density at radius 1 is 0.872 bits per heavy atom. The van der Waals surface area contributed by atoms with Gasteiger partial charge in [-0.2, -0.15) is 4.72 Å². The van der Waals surface area contributed by atoms with Gasteiger partial charge in [-0.1, -0.05) is 58.7 Å². The third kappa shape index (κ3) is 9.85. The van der Waals surface area contributed by atoms with E-state index in [4.69, 9.17) is 0 Å². The average molecular weight is 619 g/mol. The van der Waals surface area contributed by atoms with Crippen molar-refractivity contribution in [3.63, 3.8) is 0 Å². The number of carboxylic acids is 1. The Morgan fingerprint density at radius 2 is 1.44 bits per heavy atom. The van der Waals surface area contributed by atoms with Crippen LogP contribution in [-0.4, -0.2) is 43.5 Å². The van der Waals surface area contributed by atoms with Crippen molar-refractivity contribution in [2.75, 3.05) is 13.1 Å². The summed E-state index contributed by atoms with van der Waals surface area (Å²) in [6.45, 7) is 1.51. The van der Waals surface area contributed by atoms with Gasteiger partial charge in [0.1, 0.15) is 6.04 Å². The van der Waals surface area contributed by atoms with Crippen LogP contribution in [0.5, 0.6) is 0 Å². The lowest BCUT2D eigenvalue weighted by Gasteiger charge is -2.15. The van der Waals surface area contributed by atoms with Gasteiger partial charge in [-0.25, -0.2) is 8.42 Å². The summed E-state index contributed by atoms with van der Waals surface area (Å²) in [5, 5.41) is 23.6. The Balaban J connectivity index is 1.36.